The molecule has 1 saturated carbocycles. The summed E-state index contributed by atoms with van der Waals surface area (Å²) in [5, 5.41) is 0. The average Bonchev–Trinajstić information content (AvgIpc) is 2.91. The molecule has 37 heavy (non-hydrogen) atoms. The summed E-state index contributed by atoms with van der Waals surface area (Å²) in [6.07, 6.45) is 19.7. The van der Waals surface area contributed by atoms with Crippen molar-refractivity contribution in [2.75, 3.05) is 0 Å². The van der Waals surface area contributed by atoms with Crippen LogP contribution in [0.15, 0.2) is 52.2 Å². The Morgan fingerprint density at radius 1 is 0.703 bits per heavy atom. The van der Waals surface area contributed by atoms with Gasteiger partial charge >= 0.3 is 0 Å². The zero-order valence-corrected chi connectivity index (χ0v) is 21.9. The van der Waals surface area contributed by atoms with Crippen molar-refractivity contribution < 1.29 is 0 Å². The third-order valence-corrected chi connectivity index (χ3v) is 9.24. The molecular formula is C31H40N4O2. The molecular weight excluding hydrogens is 460 g/mol. The van der Waals surface area contributed by atoms with Gasteiger partial charge in [0.15, 0.2) is 0 Å². The van der Waals surface area contributed by atoms with Gasteiger partial charge < -0.3 is 9.55 Å². The summed E-state index contributed by atoms with van der Waals surface area (Å²) in [5.74, 6) is 0. The lowest BCUT2D eigenvalue weighted by molar-refractivity contribution is -0.0239. The van der Waals surface area contributed by atoms with Gasteiger partial charge in [0.1, 0.15) is 5.69 Å². The SMILES string of the molecule is O=c1[nH]cccc1-c1nc2ccccc2n([C@@H]2C[C@H]3CCC[C@@H](C2)N3C2CCCCCCCCC2)c1=O. The molecule has 0 spiro atoms. The van der Waals surface area contributed by atoms with E-state index in [0.717, 1.165) is 23.9 Å². The fraction of sp³-hybridized carbons (Fsp3) is 0.581. The van der Waals surface area contributed by atoms with Crippen molar-refractivity contribution in [2.45, 2.75) is 114 Å². The Morgan fingerprint density at radius 3 is 2.05 bits per heavy atom. The van der Waals surface area contributed by atoms with E-state index in [2.05, 4.69) is 9.88 Å². The van der Waals surface area contributed by atoms with Crippen LogP contribution in [0.3, 0.4) is 0 Å². The van der Waals surface area contributed by atoms with Crippen molar-refractivity contribution in [3.8, 4) is 11.3 Å². The van der Waals surface area contributed by atoms with E-state index in [9.17, 15) is 9.59 Å². The molecule has 1 aromatic carbocycles. The van der Waals surface area contributed by atoms with E-state index in [-0.39, 0.29) is 22.9 Å². The molecule has 3 aliphatic rings. The van der Waals surface area contributed by atoms with E-state index in [4.69, 9.17) is 4.98 Å². The van der Waals surface area contributed by atoms with Crippen molar-refractivity contribution >= 4 is 11.0 Å². The van der Waals surface area contributed by atoms with Gasteiger partial charge in [-0.15, -0.1) is 0 Å². The molecule has 6 heteroatoms. The molecule has 2 aliphatic heterocycles. The van der Waals surface area contributed by atoms with Crippen LogP contribution in [0.5, 0.6) is 0 Å². The highest BCUT2D eigenvalue weighted by Gasteiger charge is 2.42. The number of rotatable bonds is 3. The van der Waals surface area contributed by atoms with Gasteiger partial charge in [-0.3, -0.25) is 14.5 Å². The normalized spacial score (nSPS) is 26.2. The largest absolute Gasteiger partial charge is 0.329 e. The summed E-state index contributed by atoms with van der Waals surface area (Å²) in [4.78, 5) is 37.0. The first-order valence-electron chi connectivity index (χ1n) is 14.7. The Labute approximate surface area is 219 Å². The fourth-order valence-corrected chi connectivity index (χ4v) is 7.58. The van der Waals surface area contributed by atoms with Crippen LogP contribution in [0.25, 0.3) is 22.3 Å². The number of piperidine rings is 2. The van der Waals surface area contributed by atoms with Crippen LogP contribution in [0.1, 0.15) is 95.9 Å². The van der Waals surface area contributed by atoms with Gasteiger partial charge in [0.25, 0.3) is 11.1 Å². The minimum absolute atomic E-state index is 0.132. The molecule has 0 radical (unpaired) electrons. The van der Waals surface area contributed by atoms with Gasteiger partial charge in [0.05, 0.1) is 16.6 Å². The van der Waals surface area contributed by atoms with Gasteiger partial charge in [-0.2, -0.15) is 0 Å². The van der Waals surface area contributed by atoms with E-state index in [1.165, 1.54) is 77.0 Å². The number of nitrogens with one attached hydrogen (secondary N) is 1. The monoisotopic (exact) mass is 500 g/mol. The van der Waals surface area contributed by atoms with Crippen LogP contribution >= 0.6 is 0 Å². The maximum atomic E-state index is 14.0. The quantitative estimate of drug-likeness (QED) is 0.465. The van der Waals surface area contributed by atoms with Crippen molar-refractivity contribution in [3.05, 3.63) is 63.3 Å². The zero-order valence-electron chi connectivity index (χ0n) is 21.9. The Balaban J connectivity index is 1.36. The van der Waals surface area contributed by atoms with E-state index in [1.807, 2.05) is 28.8 Å². The van der Waals surface area contributed by atoms with E-state index in [1.54, 1.807) is 18.3 Å². The second kappa shape index (κ2) is 10.9. The van der Waals surface area contributed by atoms with Crippen molar-refractivity contribution in [1.29, 1.82) is 0 Å². The van der Waals surface area contributed by atoms with Crippen LogP contribution in [0.2, 0.25) is 0 Å². The summed E-state index contributed by atoms with van der Waals surface area (Å²) in [7, 11) is 0. The first-order valence-corrected chi connectivity index (χ1v) is 14.7. The summed E-state index contributed by atoms with van der Waals surface area (Å²) in [6.45, 7) is 0. The van der Waals surface area contributed by atoms with Crippen LogP contribution in [-0.4, -0.2) is 37.6 Å². The van der Waals surface area contributed by atoms with Gasteiger partial charge in [-0.25, -0.2) is 4.98 Å². The molecule has 1 N–H and O–H groups in total. The summed E-state index contributed by atoms with van der Waals surface area (Å²) in [5.41, 5.74) is 1.88. The summed E-state index contributed by atoms with van der Waals surface area (Å²) in [6, 6.07) is 13.3. The van der Waals surface area contributed by atoms with Crippen LogP contribution in [0.4, 0.5) is 0 Å². The standard InChI is InChI=1S/C31H40N4O2/c36-30-26(16-11-19-32-30)29-31(37)35(28-18-9-8-17-27(28)33-29)25-20-23-14-10-15-24(21-25)34(23)22-12-6-4-2-1-3-5-7-13-22/h8-9,11,16-19,22-25H,1-7,10,12-15,20-21H2,(H,32,36)/t23-,24+,25-. The first kappa shape index (κ1) is 24.6. The molecule has 3 aromatic rings. The molecule has 196 valence electrons. The lowest BCUT2D eigenvalue weighted by Gasteiger charge is -2.53. The van der Waals surface area contributed by atoms with E-state index < -0.39 is 0 Å². The number of H-pyrrole nitrogens is 1. The lowest BCUT2D eigenvalue weighted by atomic mass is 9.79. The minimum Gasteiger partial charge on any atom is -0.329 e. The fourth-order valence-electron chi connectivity index (χ4n) is 7.58. The van der Waals surface area contributed by atoms with Crippen LogP contribution < -0.4 is 11.1 Å². The molecule has 0 amide bonds. The number of nitrogens with zero attached hydrogens (tertiary/aromatic N) is 3. The summed E-state index contributed by atoms with van der Waals surface area (Å²) >= 11 is 0. The molecule has 2 aromatic heterocycles. The van der Waals surface area contributed by atoms with Crippen molar-refractivity contribution in [1.82, 2.24) is 19.4 Å². The average molecular weight is 501 g/mol. The molecule has 6 rings (SSSR count). The molecule has 2 bridgehead atoms. The predicted octanol–water partition coefficient (Wildman–Crippen LogP) is 6.20. The smallest absolute Gasteiger partial charge is 0.278 e. The number of hydrogen-bond donors (Lipinski definition) is 1. The van der Waals surface area contributed by atoms with Crippen LogP contribution in [-0.2, 0) is 0 Å². The second-order valence-corrected chi connectivity index (χ2v) is 11.6. The zero-order chi connectivity index (χ0) is 25.2. The maximum Gasteiger partial charge on any atom is 0.278 e. The minimum atomic E-state index is -0.267. The predicted molar refractivity (Wildman–Crippen MR) is 149 cm³/mol. The topological polar surface area (TPSA) is 71.0 Å². The number of aromatic amines is 1. The molecule has 3 atom stereocenters. The first-order chi connectivity index (χ1) is 18.2. The maximum absolute atomic E-state index is 14.0. The molecule has 0 unspecified atom stereocenters. The molecule has 4 heterocycles. The number of aromatic nitrogens is 3. The number of fused-ring (bicyclic) bond motifs is 3. The Kier molecular flexibility index (Phi) is 7.27. The molecule has 1 aliphatic carbocycles. The highest BCUT2D eigenvalue weighted by molar-refractivity contribution is 5.77. The van der Waals surface area contributed by atoms with Gasteiger partial charge in [0, 0.05) is 30.4 Å². The molecule has 6 nitrogen and oxygen atoms in total. The van der Waals surface area contributed by atoms with Gasteiger partial charge in [-0.05, 0) is 62.8 Å². The third kappa shape index (κ3) is 4.93. The number of para-hydroxylation sites is 2. The van der Waals surface area contributed by atoms with Crippen LogP contribution in [0, 0.1) is 0 Å². The lowest BCUT2D eigenvalue weighted by Crippen LogP contribution is -2.57. The molecule has 3 fully saturated rings. The Hall–Kier alpha value is -2.73. The van der Waals surface area contributed by atoms with Crippen molar-refractivity contribution in [3.63, 3.8) is 0 Å². The molecule has 2 saturated heterocycles. The third-order valence-electron chi connectivity index (χ3n) is 9.24. The van der Waals surface area contributed by atoms with E-state index in [0.29, 0.717) is 23.7 Å². The van der Waals surface area contributed by atoms with Gasteiger partial charge in [-0.1, -0.05) is 63.5 Å². The Bertz CT molecular complexity index is 1320. The Morgan fingerprint density at radius 2 is 1.35 bits per heavy atom. The highest BCUT2D eigenvalue weighted by atomic mass is 16.1. The number of pyridine rings is 1. The second-order valence-electron chi connectivity index (χ2n) is 11.6. The van der Waals surface area contributed by atoms with Gasteiger partial charge in [0.2, 0.25) is 0 Å². The highest BCUT2D eigenvalue weighted by Crippen LogP contribution is 2.42. The number of benzene rings is 1. The summed E-state index contributed by atoms with van der Waals surface area (Å²) < 4.78 is 2.00. The number of hydrogen-bond acceptors (Lipinski definition) is 4. The van der Waals surface area contributed by atoms with E-state index >= 15 is 0 Å². The van der Waals surface area contributed by atoms with Crippen molar-refractivity contribution in [2.24, 2.45) is 0 Å².